The van der Waals surface area contributed by atoms with Crippen molar-refractivity contribution in [3.8, 4) is 0 Å². The summed E-state index contributed by atoms with van der Waals surface area (Å²) in [6.07, 6.45) is 1.36. The molecule has 3 nitrogen and oxygen atoms in total. The summed E-state index contributed by atoms with van der Waals surface area (Å²) in [4.78, 5) is 11.6. The lowest BCUT2D eigenvalue weighted by Gasteiger charge is -2.19. The minimum atomic E-state index is 0.121. The van der Waals surface area contributed by atoms with Gasteiger partial charge in [-0.05, 0) is 30.0 Å². The molecule has 1 aromatic rings. The summed E-state index contributed by atoms with van der Waals surface area (Å²) in [6.45, 7) is 8.12. The van der Waals surface area contributed by atoms with Gasteiger partial charge in [-0.2, -0.15) is 0 Å². The Morgan fingerprint density at radius 3 is 2.26 bits per heavy atom. The minimum absolute atomic E-state index is 0.121. The van der Waals surface area contributed by atoms with Gasteiger partial charge in [0.05, 0.1) is 0 Å². The largest absolute Gasteiger partial charge is 0.355 e. The summed E-state index contributed by atoms with van der Waals surface area (Å²) >= 11 is 0. The van der Waals surface area contributed by atoms with Gasteiger partial charge in [0.25, 0.3) is 0 Å². The lowest BCUT2D eigenvalue weighted by Crippen LogP contribution is -2.30. The fourth-order valence-corrected chi connectivity index (χ4v) is 1.84. The van der Waals surface area contributed by atoms with Crippen molar-refractivity contribution in [1.29, 1.82) is 0 Å². The van der Waals surface area contributed by atoms with Gasteiger partial charge in [-0.25, -0.2) is 0 Å². The molecular formula is C16H26N2O. The maximum absolute atomic E-state index is 11.6. The Morgan fingerprint density at radius 1 is 1.11 bits per heavy atom. The van der Waals surface area contributed by atoms with Crippen molar-refractivity contribution in [2.75, 3.05) is 20.1 Å². The van der Waals surface area contributed by atoms with E-state index in [0.717, 1.165) is 13.0 Å². The molecule has 0 radical (unpaired) electrons. The van der Waals surface area contributed by atoms with E-state index in [1.807, 2.05) is 7.05 Å². The van der Waals surface area contributed by atoms with Crippen LogP contribution in [0.5, 0.6) is 0 Å². The van der Waals surface area contributed by atoms with Gasteiger partial charge in [0, 0.05) is 19.5 Å². The number of amides is 1. The summed E-state index contributed by atoms with van der Waals surface area (Å²) in [7, 11) is 1.88. The molecular weight excluding hydrogens is 236 g/mol. The van der Waals surface area contributed by atoms with Gasteiger partial charge in [-0.15, -0.1) is 0 Å². The Hall–Kier alpha value is -1.35. The van der Waals surface area contributed by atoms with Gasteiger partial charge < -0.3 is 10.6 Å². The van der Waals surface area contributed by atoms with Crippen LogP contribution in [0, 0.1) is 0 Å². The predicted molar refractivity (Wildman–Crippen MR) is 80.4 cm³/mol. The standard InChI is InChI=1S/C16H26N2O/c1-16(2,3)14-8-5-13(6-9-14)7-10-15(19)18-12-11-17-4/h5-6,8-9,17H,7,10-12H2,1-4H3,(H,18,19). The highest BCUT2D eigenvalue weighted by atomic mass is 16.1. The molecule has 1 rings (SSSR count). The molecule has 0 saturated heterocycles. The number of hydrogen-bond donors (Lipinski definition) is 2. The molecule has 3 heteroatoms. The molecule has 0 unspecified atom stereocenters. The third-order valence-electron chi connectivity index (χ3n) is 3.16. The van der Waals surface area contributed by atoms with Gasteiger partial charge in [-0.3, -0.25) is 4.79 Å². The van der Waals surface area contributed by atoms with Crippen LogP contribution in [0.4, 0.5) is 0 Å². The van der Waals surface area contributed by atoms with Crippen molar-refractivity contribution in [3.63, 3.8) is 0 Å². The molecule has 0 heterocycles. The number of aryl methyl sites for hydroxylation is 1. The first-order valence-electron chi connectivity index (χ1n) is 6.94. The fourth-order valence-electron chi connectivity index (χ4n) is 1.84. The molecule has 1 amide bonds. The van der Waals surface area contributed by atoms with Gasteiger partial charge in [0.1, 0.15) is 0 Å². The third-order valence-corrected chi connectivity index (χ3v) is 3.16. The van der Waals surface area contributed by atoms with Crippen molar-refractivity contribution in [2.45, 2.75) is 39.0 Å². The zero-order valence-electron chi connectivity index (χ0n) is 12.5. The lowest BCUT2D eigenvalue weighted by atomic mass is 9.86. The zero-order valence-corrected chi connectivity index (χ0v) is 12.5. The second-order valence-electron chi connectivity index (χ2n) is 5.90. The smallest absolute Gasteiger partial charge is 0.220 e. The highest BCUT2D eigenvalue weighted by Gasteiger charge is 2.12. The van der Waals surface area contributed by atoms with Crippen molar-refractivity contribution in [3.05, 3.63) is 35.4 Å². The van der Waals surface area contributed by atoms with Crippen LogP contribution < -0.4 is 10.6 Å². The number of likely N-dealkylation sites (N-methyl/N-ethyl adjacent to an activating group) is 1. The fraction of sp³-hybridized carbons (Fsp3) is 0.562. The number of hydrogen-bond acceptors (Lipinski definition) is 2. The Bertz CT molecular complexity index is 390. The van der Waals surface area contributed by atoms with E-state index in [0.29, 0.717) is 13.0 Å². The van der Waals surface area contributed by atoms with Crippen LogP contribution in [-0.4, -0.2) is 26.0 Å². The average molecular weight is 262 g/mol. The van der Waals surface area contributed by atoms with E-state index >= 15 is 0 Å². The first-order valence-corrected chi connectivity index (χ1v) is 6.94. The van der Waals surface area contributed by atoms with Crippen LogP contribution in [0.3, 0.4) is 0 Å². The van der Waals surface area contributed by atoms with Crippen molar-refractivity contribution in [1.82, 2.24) is 10.6 Å². The molecule has 1 aromatic carbocycles. The monoisotopic (exact) mass is 262 g/mol. The van der Waals surface area contributed by atoms with Crippen LogP contribution in [0.2, 0.25) is 0 Å². The summed E-state index contributed by atoms with van der Waals surface area (Å²) < 4.78 is 0. The van der Waals surface area contributed by atoms with Crippen LogP contribution in [0.1, 0.15) is 38.3 Å². The second kappa shape index (κ2) is 7.29. The zero-order chi connectivity index (χ0) is 14.3. The molecule has 0 aliphatic rings. The van der Waals surface area contributed by atoms with Gasteiger partial charge >= 0.3 is 0 Å². The molecule has 0 bridgehead atoms. The quantitative estimate of drug-likeness (QED) is 0.772. The first kappa shape index (κ1) is 15.7. The van der Waals surface area contributed by atoms with Crippen molar-refractivity contribution in [2.24, 2.45) is 0 Å². The Morgan fingerprint density at radius 2 is 1.74 bits per heavy atom. The number of rotatable bonds is 6. The van der Waals surface area contributed by atoms with Crippen LogP contribution in [-0.2, 0) is 16.6 Å². The summed E-state index contributed by atoms with van der Waals surface area (Å²) in [5, 5.41) is 5.89. The van der Waals surface area contributed by atoms with Crippen LogP contribution in [0.15, 0.2) is 24.3 Å². The SMILES string of the molecule is CNCCNC(=O)CCc1ccc(C(C)(C)C)cc1. The molecule has 19 heavy (non-hydrogen) atoms. The summed E-state index contributed by atoms with van der Waals surface area (Å²) in [5.41, 5.74) is 2.73. The molecule has 0 fully saturated rings. The number of benzene rings is 1. The van der Waals surface area contributed by atoms with Gasteiger partial charge in [0.2, 0.25) is 5.91 Å². The van der Waals surface area contributed by atoms with Crippen LogP contribution >= 0.6 is 0 Å². The topological polar surface area (TPSA) is 41.1 Å². The molecule has 2 N–H and O–H groups in total. The average Bonchev–Trinajstić information content (AvgIpc) is 2.36. The van der Waals surface area contributed by atoms with Gasteiger partial charge in [-0.1, -0.05) is 45.0 Å². The minimum Gasteiger partial charge on any atom is -0.355 e. The highest BCUT2D eigenvalue weighted by Crippen LogP contribution is 2.22. The molecule has 0 saturated carbocycles. The maximum Gasteiger partial charge on any atom is 0.220 e. The van der Waals surface area contributed by atoms with E-state index in [1.165, 1.54) is 11.1 Å². The number of carbonyl (C=O) groups is 1. The molecule has 0 aromatic heterocycles. The Kier molecular flexibility index (Phi) is 6.03. The lowest BCUT2D eigenvalue weighted by molar-refractivity contribution is -0.121. The normalized spacial score (nSPS) is 11.4. The van der Waals surface area contributed by atoms with E-state index in [9.17, 15) is 4.79 Å². The molecule has 106 valence electrons. The second-order valence-corrected chi connectivity index (χ2v) is 5.90. The Labute approximate surface area is 116 Å². The van der Waals surface area contributed by atoms with Crippen molar-refractivity contribution < 1.29 is 4.79 Å². The highest BCUT2D eigenvalue weighted by molar-refractivity contribution is 5.76. The van der Waals surface area contributed by atoms with E-state index in [-0.39, 0.29) is 11.3 Å². The van der Waals surface area contributed by atoms with E-state index in [2.05, 4.69) is 55.7 Å². The maximum atomic E-state index is 11.6. The third kappa shape index (κ3) is 5.88. The summed E-state index contributed by atoms with van der Waals surface area (Å²) in [5.74, 6) is 0.121. The molecule has 0 aliphatic heterocycles. The Balaban J connectivity index is 2.40. The van der Waals surface area contributed by atoms with Crippen molar-refractivity contribution >= 4 is 5.91 Å². The molecule has 0 atom stereocenters. The predicted octanol–water partition coefficient (Wildman–Crippen LogP) is 2.25. The van der Waals surface area contributed by atoms with E-state index < -0.39 is 0 Å². The molecule has 0 spiro atoms. The van der Waals surface area contributed by atoms with E-state index in [1.54, 1.807) is 0 Å². The molecule has 0 aliphatic carbocycles. The van der Waals surface area contributed by atoms with Crippen LogP contribution in [0.25, 0.3) is 0 Å². The number of nitrogens with one attached hydrogen (secondary N) is 2. The first-order chi connectivity index (χ1) is 8.93. The van der Waals surface area contributed by atoms with Gasteiger partial charge in [0.15, 0.2) is 0 Å². The van der Waals surface area contributed by atoms with E-state index in [4.69, 9.17) is 0 Å². The summed E-state index contributed by atoms with van der Waals surface area (Å²) in [6, 6.07) is 8.57. The number of carbonyl (C=O) groups excluding carboxylic acids is 1.